The third-order valence-corrected chi connectivity index (χ3v) is 6.97. The number of aryl methyl sites for hydroxylation is 2. The van der Waals surface area contributed by atoms with Crippen LogP contribution in [0.5, 0.6) is 0 Å². The molecule has 1 fully saturated rings. The Bertz CT molecular complexity index is 969. The molecule has 3 rings (SSSR count). The molecule has 1 amide bonds. The Balaban J connectivity index is 2.11. The van der Waals surface area contributed by atoms with Gasteiger partial charge in [0.05, 0.1) is 29.2 Å². The lowest BCUT2D eigenvalue weighted by molar-refractivity contribution is 0.0958. The monoisotopic (exact) mass is 392 g/mol. The molecule has 1 atom stereocenters. The highest BCUT2D eigenvalue weighted by molar-refractivity contribution is 7.89. The second-order valence-electron chi connectivity index (χ2n) is 6.64. The molecule has 1 aliphatic heterocycles. The molecule has 3 heterocycles. The number of rotatable bonds is 4. The van der Waals surface area contributed by atoms with Crippen LogP contribution in [0.15, 0.2) is 17.3 Å². The third kappa shape index (κ3) is 3.46. The van der Waals surface area contributed by atoms with E-state index in [0.717, 1.165) is 12.8 Å². The van der Waals surface area contributed by atoms with E-state index in [0.29, 0.717) is 35.7 Å². The van der Waals surface area contributed by atoms with Gasteiger partial charge in [0.1, 0.15) is 10.7 Å². The van der Waals surface area contributed by atoms with Gasteiger partial charge in [0, 0.05) is 26.8 Å². The number of sulfonamides is 1. The first-order valence-electron chi connectivity index (χ1n) is 8.83. The van der Waals surface area contributed by atoms with Gasteiger partial charge in [0.2, 0.25) is 10.0 Å². The van der Waals surface area contributed by atoms with E-state index < -0.39 is 16.1 Å². The van der Waals surface area contributed by atoms with E-state index in [-0.39, 0.29) is 10.8 Å². The Morgan fingerprint density at radius 2 is 2.00 bits per heavy atom. The number of nitrogens with zero attached hydrogens (tertiary/aromatic N) is 5. The molecule has 2 aromatic rings. The van der Waals surface area contributed by atoms with E-state index in [9.17, 15) is 13.2 Å². The number of nitrogens with one attached hydrogen (secondary N) is 1. The maximum Gasteiger partial charge on any atom is 0.254 e. The summed E-state index contributed by atoms with van der Waals surface area (Å²) >= 11 is 0. The SMILES string of the molecule is CNC(=O)c1cnc(C)nc1[C@@H]1CCCCN1S(=O)(=O)c1cnn(C)c1C. The van der Waals surface area contributed by atoms with E-state index in [2.05, 4.69) is 20.4 Å². The summed E-state index contributed by atoms with van der Waals surface area (Å²) in [6.07, 6.45) is 5.05. The molecule has 0 spiro atoms. The number of carbonyl (C=O) groups excluding carboxylic acids is 1. The van der Waals surface area contributed by atoms with Gasteiger partial charge in [-0.3, -0.25) is 9.48 Å². The van der Waals surface area contributed by atoms with Gasteiger partial charge in [-0.15, -0.1) is 0 Å². The van der Waals surface area contributed by atoms with Crippen molar-refractivity contribution in [2.45, 2.75) is 44.0 Å². The number of carbonyl (C=O) groups is 1. The van der Waals surface area contributed by atoms with Crippen LogP contribution >= 0.6 is 0 Å². The van der Waals surface area contributed by atoms with Crippen molar-refractivity contribution in [2.24, 2.45) is 7.05 Å². The number of piperidine rings is 1. The molecule has 0 radical (unpaired) electrons. The molecule has 27 heavy (non-hydrogen) atoms. The Morgan fingerprint density at radius 3 is 2.63 bits per heavy atom. The van der Waals surface area contributed by atoms with Crippen molar-refractivity contribution in [2.75, 3.05) is 13.6 Å². The Labute approximate surface area is 158 Å². The van der Waals surface area contributed by atoms with Crippen molar-refractivity contribution in [1.29, 1.82) is 0 Å². The standard InChI is InChI=1S/C17H24N6O3S/c1-11-15(10-20-22(11)4)27(25,26)23-8-6-5-7-14(23)16-13(17(24)18-3)9-19-12(2)21-16/h9-10,14H,5-8H2,1-4H3,(H,18,24)/t14-/m0/s1. The summed E-state index contributed by atoms with van der Waals surface area (Å²) < 4.78 is 29.7. The van der Waals surface area contributed by atoms with E-state index in [1.165, 1.54) is 28.4 Å². The third-order valence-electron chi connectivity index (χ3n) is 4.96. The number of hydrogen-bond acceptors (Lipinski definition) is 6. The average molecular weight is 392 g/mol. The average Bonchev–Trinajstić information content (AvgIpc) is 3.00. The molecule has 9 nitrogen and oxygen atoms in total. The van der Waals surface area contributed by atoms with E-state index in [1.807, 2.05) is 0 Å². The fourth-order valence-corrected chi connectivity index (χ4v) is 5.22. The fraction of sp³-hybridized carbons (Fsp3) is 0.529. The molecule has 0 bridgehead atoms. The summed E-state index contributed by atoms with van der Waals surface area (Å²) in [5.41, 5.74) is 1.33. The highest BCUT2D eigenvalue weighted by Gasteiger charge is 2.38. The number of aromatic nitrogens is 4. The molecule has 0 saturated carbocycles. The summed E-state index contributed by atoms with van der Waals surface area (Å²) in [5, 5.41) is 6.65. The van der Waals surface area contributed by atoms with E-state index >= 15 is 0 Å². The zero-order valence-corrected chi connectivity index (χ0v) is 16.7. The summed E-state index contributed by atoms with van der Waals surface area (Å²) in [7, 11) is -0.537. The smallest absolute Gasteiger partial charge is 0.254 e. The second kappa shape index (κ2) is 7.35. The summed E-state index contributed by atoms with van der Waals surface area (Å²) in [5.74, 6) is 0.170. The van der Waals surface area contributed by atoms with Crippen LogP contribution in [0.25, 0.3) is 0 Å². The largest absolute Gasteiger partial charge is 0.355 e. The molecule has 0 unspecified atom stereocenters. The quantitative estimate of drug-likeness (QED) is 0.834. The Hall–Kier alpha value is -2.33. The first kappa shape index (κ1) is 19.4. The summed E-state index contributed by atoms with van der Waals surface area (Å²) in [6, 6.07) is -0.516. The molecule has 10 heteroatoms. The zero-order valence-electron chi connectivity index (χ0n) is 15.9. The molecule has 2 aromatic heterocycles. The minimum absolute atomic E-state index is 0.184. The zero-order chi connectivity index (χ0) is 19.8. The summed E-state index contributed by atoms with van der Waals surface area (Å²) in [4.78, 5) is 21.0. The molecule has 1 N–H and O–H groups in total. The highest BCUT2D eigenvalue weighted by Crippen LogP contribution is 2.36. The normalized spacial score (nSPS) is 18.4. The van der Waals surface area contributed by atoms with Crippen LogP contribution in [0.4, 0.5) is 0 Å². The van der Waals surface area contributed by atoms with Gasteiger partial charge in [-0.25, -0.2) is 18.4 Å². The maximum absolute atomic E-state index is 13.4. The number of hydrogen-bond donors (Lipinski definition) is 1. The maximum atomic E-state index is 13.4. The van der Waals surface area contributed by atoms with E-state index in [4.69, 9.17) is 0 Å². The molecular formula is C17H24N6O3S. The minimum Gasteiger partial charge on any atom is -0.355 e. The lowest BCUT2D eigenvalue weighted by atomic mass is 9.98. The van der Waals surface area contributed by atoms with Crippen molar-refractivity contribution in [3.63, 3.8) is 0 Å². The van der Waals surface area contributed by atoms with Crippen LogP contribution in [0.1, 0.15) is 52.9 Å². The van der Waals surface area contributed by atoms with Crippen LogP contribution in [0.3, 0.4) is 0 Å². The lowest BCUT2D eigenvalue weighted by Crippen LogP contribution is -2.40. The van der Waals surface area contributed by atoms with Gasteiger partial charge in [-0.1, -0.05) is 6.42 Å². The van der Waals surface area contributed by atoms with Crippen molar-refractivity contribution in [1.82, 2.24) is 29.4 Å². The first-order valence-corrected chi connectivity index (χ1v) is 10.3. The Kier molecular flexibility index (Phi) is 5.29. The van der Waals surface area contributed by atoms with Crippen molar-refractivity contribution in [3.8, 4) is 0 Å². The van der Waals surface area contributed by atoms with Gasteiger partial charge in [0.25, 0.3) is 5.91 Å². The van der Waals surface area contributed by atoms with Gasteiger partial charge >= 0.3 is 0 Å². The number of amides is 1. The lowest BCUT2D eigenvalue weighted by Gasteiger charge is -2.34. The first-order chi connectivity index (χ1) is 12.8. The van der Waals surface area contributed by atoms with Crippen LogP contribution in [-0.4, -0.2) is 52.0 Å². The van der Waals surface area contributed by atoms with Crippen molar-refractivity contribution >= 4 is 15.9 Å². The van der Waals surface area contributed by atoms with Gasteiger partial charge in [0.15, 0.2) is 0 Å². The molecule has 146 valence electrons. The van der Waals surface area contributed by atoms with Gasteiger partial charge in [-0.2, -0.15) is 9.40 Å². The van der Waals surface area contributed by atoms with Crippen LogP contribution in [0, 0.1) is 13.8 Å². The predicted octanol–water partition coefficient (Wildman–Crippen LogP) is 1.10. The molecular weight excluding hydrogens is 368 g/mol. The van der Waals surface area contributed by atoms with Crippen LogP contribution in [-0.2, 0) is 17.1 Å². The van der Waals surface area contributed by atoms with Gasteiger partial charge < -0.3 is 5.32 Å². The highest BCUT2D eigenvalue weighted by atomic mass is 32.2. The topological polar surface area (TPSA) is 110 Å². The molecule has 1 saturated heterocycles. The fourth-order valence-electron chi connectivity index (χ4n) is 3.38. The second-order valence-corrected chi connectivity index (χ2v) is 8.50. The van der Waals surface area contributed by atoms with E-state index in [1.54, 1.807) is 20.9 Å². The summed E-state index contributed by atoms with van der Waals surface area (Å²) in [6.45, 7) is 3.82. The van der Waals surface area contributed by atoms with Crippen molar-refractivity contribution in [3.05, 3.63) is 35.2 Å². The van der Waals surface area contributed by atoms with Crippen molar-refractivity contribution < 1.29 is 13.2 Å². The van der Waals surface area contributed by atoms with Crippen LogP contribution < -0.4 is 5.32 Å². The minimum atomic E-state index is -3.77. The molecule has 0 aromatic carbocycles. The Morgan fingerprint density at radius 1 is 1.26 bits per heavy atom. The van der Waals surface area contributed by atoms with Crippen LogP contribution in [0.2, 0.25) is 0 Å². The predicted molar refractivity (Wildman–Crippen MR) is 98.6 cm³/mol. The van der Waals surface area contributed by atoms with Gasteiger partial charge in [-0.05, 0) is 26.7 Å². The molecule has 0 aliphatic carbocycles. The molecule has 1 aliphatic rings.